The molecule has 4 heteroatoms. The summed E-state index contributed by atoms with van der Waals surface area (Å²) in [5.41, 5.74) is 2.79. The van der Waals surface area contributed by atoms with Gasteiger partial charge >= 0.3 is 0 Å². The Morgan fingerprint density at radius 2 is 1.90 bits per heavy atom. The fourth-order valence-electron chi connectivity index (χ4n) is 3.10. The molecule has 2 rings (SSSR count). The monoisotopic (exact) mass is 353 g/mol. The second kappa shape index (κ2) is 8.16. The minimum Gasteiger partial charge on any atom is -0.369 e. The number of piperazine rings is 1. The zero-order chi connectivity index (χ0) is 15.2. The van der Waals surface area contributed by atoms with Crippen LogP contribution < -0.4 is 10.2 Å². The molecular weight excluding hydrogens is 326 g/mol. The van der Waals surface area contributed by atoms with E-state index < -0.39 is 0 Å². The summed E-state index contributed by atoms with van der Waals surface area (Å²) in [4.78, 5) is 5.11. The van der Waals surface area contributed by atoms with Crippen LogP contribution in [0.1, 0.15) is 38.8 Å². The number of benzene rings is 1. The maximum Gasteiger partial charge on any atom is 0.0426 e. The zero-order valence-corrected chi connectivity index (χ0v) is 15.1. The van der Waals surface area contributed by atoms with Crippen LogP contribution in [-0.2, 0) is 0 Å². The number of nitrogens with zero attached hydrogens (tertiary/aromatic N) is 2. The Kier molecular flexibility index (Phi) is 6.52. The molecule has 0 bridgehead atoms. The van der Waals surface area contributed by atoms with Crippen LogP contribution in [-0.4, -0.2) is 44.2 Å². The van der Waals surface area contributed by atoms with Crippen molar-refractivity contribution >= 4 is 21.6 Å². The second-order valence-electron chi connectivity index (χ2n) is 5.81. The van der Waals surface area contributed by atoms with Crippen LogP contribution in [0.4, 0.5) is 5.69 Å². The number of halogens is 1. The van der Waals surface area contributed by atoms with E-state index in [-0.39, 0.29) is 0 Å². The largest absolute Gasteiger partial charge is 0.369 e. The summed E-state index contributed by atoms with van der Waals surface area (Å²) in [7, 11) is 0. The van der Waals surface area contributed by atoms with Crippen LogP contribution in [0.2, 0.25) is 0 Å². The van der Waals surface area contributed by atoms with Crippen LogP contribution in [0.5, 0.6) is 0 Å². The van der Waals surface area contributed by atoms with E-state index in [0.717, 1.165) is 19.6 Å². The Morgan fingerprint density at radius 1 is 1.19 bits per heavy atom. The molecule has 0 saturated carbocycles. The molecule has 3 nitrogen and oxygen atoms in total. The van der Waals surface area contributed by atoms with E-state index in [1.54, 1.807) is 0 Å². The maximum absolute atomic E-state index is 3.63. The van der Waals surface area contributed by atoms with E-state index in [1.807, 2.05) is 0 Å². The van der Waals surface area contributed by atoms with Gasteiger partial charge in [0, 0.05) is 42.4 Å². The molecule has 0 radical (unpaired) electrons. The number of anilines is 1. The smallest absolute Gasteiger partial charge is 0.0426 e. The molecule has 1 aliphatic rings. The van der Waals surface area contributed by atoms with Crippen molar-refractivity contribution in [3.63, 3.8) is 0 Å². The summed E-state index contributed by atoms with van der Waals surface area (Å²) in [6, 6.07) is 7.08. The van der Waals surface area contributed by atoms with Gasteiger partial charge in [-0.15, -0.1) is 0 Å². The van der Waals surface area contributed by atoms with Crippen LogP contribution in [0.15, 0.2) is 22.7 Å². The van der Waals surface area contributed by atoms with Crippen LogP contribution in [0, 0.1) is 0 Å². The van der Waals surface area contributed by atoms with Gasteiger partial charge in [0.2, 0.25) is 0 Å². The van der Waals surface area contributed by atoms with Gasteiger partial charge < -0.3 is 10.2 Å². The molecule has 1 fully saturated rings. The molecule has 1 saturated heterocycles. The topological polar surface area (TPSA) is 18.5 Å². The summed E-state index contributed by atoms with van der Waals surface area (Å²) >= 11 is 3.63. The Morgan fingerprint density at radius 3 is 2.52 bits per heavy atom. The minimum atomic E-state index is 0.395. The van der Waals surface area contributed by atoms with Gasteiger partial charge in [-0.2, -0.15) is 0 Å². The number of nitrogens with one attached hydrogen (secondary N) is 1. The van der Waals surface area contributed by atoms with Gasteiger partial charge in [-0.1, -0.05) is 35.8 Å². The van der Waals surface area contributed by atoms with Crippen molar-refractivity contribution in [2.24, 2.45) is 0 Å². The van der Waals surface area contributed by atoms with Crippen molar-refractivity contribution in [1.82, 2.24) is 10.2 Å². The summed E-state index contributed by atoms with van der Waals surface area (Å²) in [6.07, 6.45) is 1.25. The van der Waals surface area contributed by atoms with Crippen LogP contribution in [0.3, 0.4) is 0 Å². The van der Waals surface area contributed by atoms with Gasteiger partial charge in [0.05, 0.1) is 0 Å². The molecule has 0 aromatic heterocycles. The van der Waals surface area contributed by atoms with E-state index in [9.17, 15) is 0 Å². The molecule has 1 heterocycles. The molecule has 21 heavy (non-hydrogen) atoms. The first-order chi connectivity index (χ1) is 10.2. The quantitative estimate of drug-likeness (QED) is 0.841. The molecule has 1 aromatic rings. The first kappa shape index (κ1) is 16.8. The summed E-state index contributed by atoms with van der Waals surface area (Å²) in [5, 5.41) is 3.54. The highest BCUT2D eigenvalue weighted by Crippen LogP contribution is 2.30. The van der Waals surface area contributed by atoms with Gasteiger partial charge in [0.1, 0.15) is 0 Å². The second-order valence-corrected chi connectivity index (χ2v) is 6.73. The molecular formula is C17H28BrN3. The highest BCUT2D eigenvalue weighted by atomic mass is 79.9. The summed E-state index contributed by atoms with van der Waals surface area (Å²) < 4.78 is 1.17. The number of hydrogen-bond acceptors (Lipinski definition) is 3. The SMILES string of the molecule is CCCN1CCN(c2cc(Br)ccc2C(C)NCC)CC1. The van der Waals surface area contributed by atoms with Crippen LogP contribution >= 0.6 is 15.9 Å². The lowest BCUT2D eigenvalue weighted by Gasteiger charge is -2.37. The van der Waals surface area contributed by atoms with Crippen molar-refractivity contribution in [1.29, 1.82) is 0 Å². The average molecular weight is 354 g/mol. The Labute approximate surface area is 137 Å². The highest BCUT2D eigenvalue weighted by Gasteiger charge is 2.20. The third-order valence-electron chi connectivity index (χ3n) is 4.22. The van der Waals surface area contributed by atoms with Crippen molar-refractivity contribution in [2.75, 3.05) is 44.2 Å². The van der Waals surface area contributed by atoms with E-state index in [4.69, 9.17) is 0 Å². The van der Waals surface area contributed by atoms with Crippen molar-refractivity contribution in [3.05, 3.63) is 28.2 Å². The molecule has 0 spiro atoms. The average Bonchev–Trinajstić information content (AvgIpc) is 2.48. The Bertz CT molecular complexity index is 442. The van der Waals surface area contributed by atoms with Crippen molar-refractivity contribution in [3.8, 4) is 0 Å². The number of hydrogen-bond donors (Lipinski definition) is 1. The normalized spacial score (nSPS) is 18.0. The number of rotatable bonds is 6. The summed E-state index contributed by atoms with van der Waals surface area (Å²) in [5.74, 6) is 0. The lowest BCUT2D eigenvalue weighted by molar-refractivity contribution is 0.258. The first-order valence-corrected chi connectivity index (χ1v) is 8.95. The van der Waals surface area contributed by atoms with Gasteiger partial charge in [0.15, 0.2) is 0 Å². The fraction of sp³-hybridized carbons (Fsp3) is 0.647. The third-order valence-corrected chi connectivity index (χ3v) is 4.72. The molecule has 118 valence electrons. The molecule has 0 amide bonds. The fourth-order valence-corrected chi connectivity index (χ4v) is 3.45. The molecule has 0 aliphatic carbocycles. The van der Waals surface area contributed by atoms with Gasteiger partial charge in [-0.3, -0.25) is 4.90 Å². The molecule has 1 unspecified atom stereocenters. The van der Waals surface area contributed by atoms with E-state index in [1.165, 1.54) is 41.8 Å². The van der Waals surface area contributed by atoms with E-state index in [2.05, 4.69) is 70.0 Å². The predicted molar refractivity (Wildman–Crippen MR) is 95.2 cm³/mol. The lowest BCUT2D eigenvalue weighted by Crippen LogP contribution is -2.47. The van der Waals surface area contributed by atoms with Gasteiger partial charge in [-0.05, 0) is 44.1 Å². The standard InChI is InChI=1S/C17H28BrN3/c1-4-8-20-9-11-21(12-10-20)17-13-15(18)6-7-16(17)14(3)19-5-2/h6-7,13-14,19H,4-5,8-12H2,1-3H3. The summed E-state index contributed by atoms with van der Waals surface area (Å²) in [6.45, 7) is 13.5. The molecule has 1 atom stereocenters. The third kappa shape index (κ3) is 4.44. The highest BCUT2D eigenvalue weighted by molar-refractivity contribution is 9.10. The Balaban J connectivity index is 2.13. The van der Waals surface area contributed by atoms with Crippen LogP contribution in [0.25, 0.3) is 0 Å². The predicted octanol–water partition coefficient (Wildman–Crippen LogP) is 3.65. The van der Waals surface area contributed by atoms with E-state index in [0.29, 0.717) is 6.04 Å². The van der Waals surface area contributed by atoms with Gasteiger partial charge in [-0.25, -0.2) is 0 Å². The molecule has 1 aliphatic heterocycles. The lowest BCUT2D eigenvalue weighted by atomic mass is 10.0. The van der Waals surface area contributed by atoms with E-state index >= 15 is 0 Å². The first-order valence-electron chi connectivity index (χ1n) is 8.15. The minimum absolute atomic E-state index is 0.395. The van der Waals surface area contributed by atoms with Crippen molar-refractivity contribution < 1.29 is 0 Å². The van der Waals surface area contributed by atoms with Crippen molar-refractivity contribution in [2.45, 2.75) is 33.2 Å². The maximum atomic E-state index is 3.63. The molecule has 1 N–H and O–H groups in total. The Hall–Kier alpha value is -0.580. The van der Waals surface area contributed by atoms with Gasteiger partial charge in [0.25, 0.3) is 0 Å². The molecule has 1 aromatic carbocycles. The zero-order valence-electron chi connectivity index (χ0n) is 13.5.